The zero-order valence-electron chi connectivity index (χ0n) is 17.8. The van der Waals surface area contributed by atoms with Gasteiger partial charge in [-0.25, -0.2) is 4.79 Å². The van der Waals surface area contributed by atoms with Crippen LogP contribution in [-0.4, -0.2) is 51.3 Å². The molecule has 0 N–H and O–H groups in total. The first-order chi connectivity index (χ1) is 14.5. The third-order valence-electron chi connectivity index (χ3n) is 4.48. The Kier molecular flexibility index (Phi) is 9.51. The molecule has 0 fully saturated rings. The summed E-state index contributed by atoms with van der Waals surface area (Å²) >= 11 is 5.94. The lowest BCUT2D eigenvalue weighted by Crippen LogP contribution is -2.28. The Morgan fingerprint density at radius 3 is 2.27 bits per heavy atom. The number of ether oxygens (including phenoxy) is 4. The van der Waals surface area contributed by atoms with Crippen LogP contribution in [0.25, 0.3) is 6.08 Å². The van der Waals surface area contributed by atoms with Crippen LogP contribution in [0.1, 0.15) is 19.4 Å². The van der Waals surface area contributed by atoms with Crippen molar-refractivity contribution in [1.82, 2.24) is 4.90 Å². The van der Waals surface area contributed by atoms with E-state index in [9.17, 15) is 4.79 Å². The van der Waals surface area contributed by atoms with Crippen molar-refractivity contribution in [3.8, 4) is 17.2 Å². The second kappa shape index (κ2) is 12.1. The van der Waals surface area contributed by atoms with E-state index in [1.165, 1.54) is 0 Å². The first-order valence-electron chi connectivity index (χ1n) is 9.77. The predicted molar refractivity (Wildman–Crippen MR) is 118 cm³/mol. The van der Waals surface area contributed by atoms with Crippen molar-refractivity contribution in [1.29, 1.82) is 0 Å². The predicted octanol–water partition coefficient (Wildman–Crippen LogP) is 4.66. The highest BCUT2D eigenvalue weighted by atomic mass is 35.5. The number of nitrogens with zero attached hydrogens (tertiary/aromatic N) is 1. The second-order valence-corrected chi connectivity index (χ2v) is 6.78. The molecule has 2 rings (SSSR count). The van der Waals surface area contributed by atoms with E-state index in [2.05, 4.69) is 18.7 Å². The summed E-state index contributed by atoms with van der Waals surface area (Å²) in [7, 11) is 3.12. The molecule has 0 aliphatic heterocycles. The molecule has 0 atom stereocenters. The zero-order valence-corrected chi connectivity index (χ0v) is 18.6. The van der Waals surface area contributed by atoms with Crippen LogP contribution < -0.4 is 14.2 Å². The standard InChI is InChI=1S/C23H28ClNO5/c1-5-25(6-2)13-14-29-23(26)22(30-19-10-8-18(24)9-11-19)16-17-7-12-20(27-3)21(15-17)28-4/h7-12,15-16H,5-6,13-14H2,1-4H3/b22-16+. The molecule has 0 aliphatic rings. The molecule has 0 unspecified atom stereocenters. The average molecular weight is 434 g/mol. The molecule has 0 spiro atoms. The molecule has 0 amide bonds. The van der Waals surface area contributed by atoms with E-state index in [1.54, 1.807) is 62.8 Å². The van der Waals surface area contributed by atoms with Gasteiger partial charge in [0.1, 0.15) is 12.4 Å². The second-order valence-electron chi connectivity index (χ2n) is 6.34. The lowest BCUT2D eigenvalue weighted by atomic mass is 10.1. The van der Waals surface area contributed by atoms with Crippen molar-refractivity contribution in [2.24, 2.45) is 0 Å². The summed E-state index contributed by atoms with van der Waals surface area (Å²) in [6.45, 7) is 6.85. The van der Waals surface area contributed by atoms with Crippen LogP contribution in [0.3, 0.4) is 0 Å². The van der Waals surface area contributed by atoms with Crippen LogP contribution in [0.4, 0.5) is 0 Å². The molecule has 2 aromatic carbocycles. The van der Waals surface area contributed by atoms with Crippen molar-refractivity contribution >= 4 is 23.6 Å². The SMILES string of the molecule is CCN(CC)CCOC(=O)/C(=C\c1ccc(OC)c(OC)c1)Oc1ccc(Cl)cc1. The molecule has 0 aliphatic carbocycles. The lowest BCUT2D eigenvalue weighted by Gasteiger charge is -2.18. The van der Waals surface area contributed by atoms with E-state index >= 15 is 0 Å². The summed E-state index contributed by atoms with van der Waals surface area (Å²) in [6, 6.07) is 12.1. The first kappa shape index (κ1) is 23.6. The summed E-state index contributed by atoms with van der Waals surface area (Å²) in [6.07, 6.45) is 1.61. The molecule has 0 aromatic heterocycles. The minimum Gasteiger partial charge on any atom is -0.493 e. The zero-order chi connectivity index (χ0) is 21.9. The Labute approximate surface area is 182 Å². The van der Waals surface area contributed by atoms with Crippen LogP contribution >= 0.6 is 11.6 Å². The van der Waals surface area contributed by atoms with Gasteiger partial charge in [-0.2, -0.15) is 0 Å². The molecule has 7 heteroatoms. The van der Waals surface area contributed by atoms with Gasteiger partial charge in [-0.15, -0.1) is 0 Å². The van der Waals surface area contributed by atoms with Gasteiger partial charge < -0.3 is 23.8 Å². The van der Waals surface area contributed by atoms with Crippen molar-refractivity contribution in [3.05, 3.63) is 58.8 Å². The first-order valence-corrected chi connectivity index (χ1v) is 10.1. The van der Waals surface area contributed by atoms with Gasteiger partial charge in [-0.1, -0.05) is 31.5 Å². The number of methoxy groups -OCH3 is 2. The summed E-state index contributed by atoms with van der Waals surface area (Å²) in [5.74, 6) is 1.13. The molecule has 2 aromatic rings. The molecule has 30 heavy (non-hydrogen) atoms. The Balaban J connectivity index is 2.24. The van der Waals surface area contributed by atoms with Crippen LogP contribution in [0.15, 0.2) is 48.2 Å². The monoisotopic (exact) mass is 433 g/mol. The maximum Gasteiger partial charge on any atom is 0.374 e. The van der Waals surface area contributed by atoms with Crippen LogP contribution in [0, 0.1) is 0 Å². The number of carbonyl (C=O) groups excluding carboxylic acids is 1. The van der Waals surface area contributed by atoms with Crippen LogP contribution in [-0.2, 0) is 9.53 Å². The Hall–Kier alpha value is -2.70. The van der Waals surface area contributed by atoms with Crippen molar-refractivity contribution in [2.75, 3.05) is 40.5 Å². The fraction of sp³-hybridized carbons (Fsp3) is 0.348. The lowest BCUT2D eigenvalue weighted by molar-refractivity contribution is -0.141. The van der Waals surface area contributed by atoms with Crippen molar-refractivity contribution < 1.29 is 23.7 Å². The molecule has 0 saturated heterocycles. The third-order valence-corrected chi connectivity index (χ3v) is 4.74. The van der Waals surface area contributed by atoms with E-state index in [4.69, 9.17) is 30.5 Å². The molecular formula is C23H28ClNO5. The minimum atomic E-state index is -0.549. The number of hydrogen-bond donors (Lipinski definition) is 0. The van der Waals surface area contributed by atoms with Crippen molar-refractivity contribution in [2.45, 2.75) is 13.8 Å². The Morgan fingerprint density at radius 1 is 1.00 bits per heavy atom. The number of likely N-dealkylation sites (N-methyl/N-ethyl adjacent to an activating group) is 1. The van der Waals surface area contributed by atoms with Gasteiger partial charge in [0.2, 0.25) is 5.76 Å². The van der Waals surface area contributed by atoms with Gasteiger partial charge in [0.25, 0.3) is 0 Å². The molecule has 0 heterocycles. The number of hydrogen-bond acceptors (Lipinski definition) is 6. The molecule has 0 bridgehead atoms. The average Bonchev–Trinajstić information content (AvgIpc) is 2.77. The van der Waals surface area contributed by atoms with Gasteiger partial charge in [-0.3, -0.25) is 0 Å². The smallest absolute Gasteiger partial charge is 0.374 e. The minimum absolute atomic E-state index is 0.0593. The van der Waals surface area contributed by atoms with E-state index in [1.807, 2.05) is 0 Å². The van der Waals surface area contributed by atoms with Gasteiger partial charge in [0.05, 0.1) is 14.2 Å². The molecule has 162 valence electrons. The summed E-state index contributed by atoms with van der Waals surface area (Å²) < 4.78 is 21.9. The maximum atomic E-state index is 12.7. The highest BCUT2D eigenvalue weighted by Crippen LogP contribution is 2.29. The topological polar surface area (TPSA) is 57.2 Å². The highest BCUT2D eigenvalue weighted by molar-refractivity contribution is 6.30. The Bertz CT molecular complexity index is 847. The van der Waals surface area contributed by atoms with E-state index < -0.39 is 5.97 Å². The fourth-order valence-corrected chi connectivity index (χ4v) is 2.86. The number of esters is 1. The normalized spacial score (nSPS) is 11.3. The Morgan fingerprint density at radius 2 is 1.67 bits per heavy atom. The molecular weight excluding hydrogens is 406 g/mol. The fourth-order valence-electron chi connectivity index (χ4n) is 2.73. The summed E-state index contributed by atoms with van der Waals surface area (Å²) in [5.41, 5.74) is 0.706. The quantitative estimate of drug-likeness (QED) is 0.292. The molecule has 6 nitrogen and oxygen atoms in total. The van der Waals surface area contributed by atoms with Crippen molar-refractivity contribution in [3.63, 3.8) is 0 Å². The molecule has 0 radical (unpaired) electrons. The molecule has 0 saturated carbocycles. The number of benzene rings is 2. The largest absolute Gasteiger partial charge is 0.493 e. The van der Waals surface area contributed by atoms with Gasteiger partial charge >= 0.3 is 5.97 Å². The van der Waals surface area contributed by atoms with Gasteiger partial charge in [0, 0.05) is 11.6 Å². The van der Waals surface area contributed by atoms with E-state index in [0.29, 0.717) is 34.4 Å². The number of halogens is 1. The summed E-state index contributed by atoms with van der Waals surface area (Å²) in [4.78, 5) is 14.9. The number of carbonyl (C=O) groups is 1. The summed E-state index contributed by atoms with van der Waals surface area (Å²) in [5, 5.41) is 0.578. The van der Waals surface area contributed by atoms with Crippen LogP contribution in [0.5, 0.6) is 17.2 Å². The van der Waals surface area contributed by atoms with Gasteiger partial charge in [-0.05, 0) is 61.1 Å². The van der Waals surface area contributed by atoms with E-state index in [-0.39, 0.29) is 12.4 Å². The van der Waals surface area contributed by atoms with Crippen LogP contribution in [0.2, 0.25) is 5.02 Å². The van der Waals surface area contributed by atoms with E-state index in [0.717, 1.165) is 13.1 Å². The third kappa shape index (κ3) is 6.97. The number of rotatable bonds is 11. The highest BCUT2D eigenvalue weighted by Gasteiger charge is 2.16. The van der Waals surface area contributed by atoms with Gasteiger partial charge in [0.15, 0.2) is 11.5 Å². The maximum absolute atomic E-state index is 12.7.